The first-order chi connectivity index (χ1) is 12.0. The molecule has 4 aliphatic rings. The van der Waals surface area contributed by atoms with Crippen LogP contribution in [0.15, 0.2) is 0 Å². The minimum absolute atomic E-state index is 0.0846. The van der Waals surface area contributed by atoms with Crippen LogP contribution in [0.5, 0.6) is 0 Å². The number of thioether (sulfide) groups is 1. The van der Waals surface area contributed by atoms with Crippen LogP contribution in [-0.4, -0.2) is 79.1 Å². The molecule has 2 saturated carbocycles. The van der Waals surface area contributed by atoms with Crippen molar-refractivity contribution in [3.05, 3.63) is 0 Å². The minimum Gasteiger partial charge on any atom is -0.481 e. The Morgan fingerprint density at radius 3 is 1.81 bits per heavy atom. The van der Waals surface area contributed by atoms with Crippen molar-refractivity contribution in [3.8, 4) is 0 Å². The predicted octanol–water partition coefficient (Wildman–Crippen LogP) is -2.29. The van der Waals surface area contributed by atoms with Gasteiger partial charge in [-0.1, -0.05) is 0 Å². The number of hydrogen-bond acceptors (Lipinski definition) is 8. The molecule has 4 rings (SSSR count). The molecule has 8 N–H and O–H groups in total. The van der Waals surface area contributed by atoms with E-state index in [9.17, 15) is 19.2 Å². The van der Waals surface area contributed by atoms with Crippen LogP contribution in [0.2, 0.25) is 0 Å². The van der Waals surface area contributed by atoms with Crippen LogP contribution < -0.4 is 11.5 Å². The third-order valence-corrected chi connectivity index (χ3v) is 7.11. The molecule has 2 saturated heterocycles. The standard InChI is InChI=1S/C7H9NO5.C7H9NO4S/c2*8-7(6(11)12)1-13-4-2(3(4)7)5(9)10/h2*2-4H,1,8H2,(H,9,10)(H,11,12)/t2*2-,3-,4+,7+/m11/s1. The molecule has 12 heteroatoms. The number of carboxylic acids is 4. The molecule has 0 aromatic heterocycles. The fraction of sp³-hybridized carbons (Fsp3) is 0.714. The summed E-state index contributed by atoms with van der Waals surface area (Å²) in [4.78, 5) is 42.7. The van der Waals surface area contributed by atoms with Gasteiger partial charge in [0.15, 0.2) is 0 Å². The van der Waals surface area contributed by atoms with Gasteiger partial charge < -0.3 is 36.6 Å². The second kappa shape index (κ2) is 5.81. The van der Waals surface area contributed by atoms with Gasteiger partial charge >= 0.3 is 23.9 Å². The molecule has 0 bridgehead atoms. The summed E-state index contributed by atoms with van der Waals surface area (Å²) < 4.78 is 4.99. The first-order valence-corrected chi connectivity index (χ1v) is 8.75. The molecular weight excluding hydrogens is 372 g/mol. The van der Waals surface area contributed by atoms with Crippen LogP contribution in [0.3, 0.4) is 0 Å². The lowest BCUT2D eigenvalue weighted by atomic mass is 9.95. The zero-order chi connectivity index (χ0) is 19.6. The third-order valence-electron chi connectivity index (χ3n) is 5.49. The lowest BCUT2D eigenvalue weighted by Crippen LogP contribution is -2.52. The van der Waals surface area contributed by atoms with Crippen LogP contribution in [0.25, 0.3) is 0 Å². The van der Waals surface area contributed by atoms with Crippen LogP contribution in [0.4, 0.5) is 0 Å². The normalized spacial score (nSPS) is 47.0. The number of hydrogen-bond donors (Lipinski definition) is 6. The van der Waals surface area contributed by atoms with Crippen molar-refractivity contribution in [1.82, 2.24) is 0 Å². The number of carboxylic acid groups (broad SMARTS) is 4. The maximum Gasteiger partial charge on any atom is 0.326 e. The molecule has 0 spiro atoms. The molecule has 11 nitrogen and oxygen atoms in total. The Balaban J connectivity index is 0.000000151. The average molecular weight is 390 g/mol. The van der Waals surface area contributed by atoms with E-state index in [2.05, 4.69) is 0 Å². The lowest BCUT2D eigenvalue weighted by Gasteiger charge is -2.20. The second-order valence-corrected chi connectivity index (χ2v) is 8.19. The quantitative estimate of drug-likeness (QED) is 0.299. The summed E-state index contributed by atoms with van der Waals surface area (Å²) in [6.07, 6.45) is -0.501. The smallest absolute Gasteiger partial charge is 0.326 e. The van der Waals surface area contributed by atoms with Crippen molar-refractivity contribution >= 4 is 35.6 Å². The van der Waals surface area contributed by atoms with Crippen LogP contribution in [0.1, 0.15) is 0 Å². The largest absolute Gasteiger partial charge is 0.481 e. The SMILES string of the molecule is N[C@@]1(C(=O)O)CO[C@H]2[C@H](C(=O)O)[C@H]21.N[C@@]1(C(=O)O)CS[C@H]2[C@H](C(=O)O)[C@H]21. The van der Waals surface area contributed by atoms with Gasteiger partial charge in [-0.05, 0) is 0 Å². The van der Waals surface area contributed by atoms with Crippen molar-refractivity contribution in [3.63, 3.8) is 0 Å². The number of nitrogens with two attached hydrogens (primary N) is 2. The van der Waals surface area contributed by atoms with Crippen molar-refractivity contribution in [2.75, 3.05) is 12.4 Å². The Morgan fingerprint density at radius 2 is 1.42 bits per heavy atom. The predicted molar refractivity (Wildman–Crippen MR) is 84.3 cm³/mol. The van der Waals surface area contributed by atoms with Crippen molar-refractivity contribution in [1.29, 1.82) is 0 Å². The number of ether oxygens (including phenoxy) is 1. The minimum atomic E-state index is -1.51. The van der Waals surface area contributed by atoms with E-state index in [-0.39, 0.29) is 17.8 Å². The molecule has 144 valence electrons. The number of fused-ring (bicyclic) bond motifs is 2. The fourth-order valence-corrected chi connectivity index (χ4v) is 5.67. The fourth-order valence-electron chi connectivity index (χ4n) is 3.87. The molecule has 0 radical (unpaired) electrons. The Morgan fingerprint density at radius 1 is 0.885 bits per heavy atom. The van der Waals surface area contributed by atoms with E-state index in [1.165, 1.54) is 11.8 Å². The molecule has 4 fully saturated rings. The first kappa shape index (κ1) is 18.9. The van der Waals surface area contributed by atoms with Crippen LogP contribution >= 0.6 is 11.8 Å². The Labute approximate surface area is 150 Å². The van der Waals surface area contributed by atoms with Crippen molar-refractivity contribution < 1.29 is 44.3 Å². The van der Waals surface area contributed by atoms with Crippen molar-refractivity contribution in [2.45, 2.75) is 22.4 Å². The molecule has 0 unspecified atom stereocenters. The zero-order valence-corrected chi connectivity index (χ0v) is 14.1. The highest BCUT2D eigenvalue weighted by atomic mass is 32.2. The summed E-state index contributed by atoms with van der Waals surface area (Å²) >= 11 is 1.36. The molecular formula is C14H18N2O9S. The Hall–Kier alpha value is -1.89. The summed E-state index contributed by atoms with van der Waals surface area (Å²) in [5.41, 5.74) is 8.33. The average Bonchev–Trinajstić information content (AvgIpc) is 3.39. The van der Waals surface area contributed by atoms with Crippen LogP contribution in [-0.2, 0) is 23.9 Å². The van der Waals surface area contributed by atoms with Gasteiger partial charge in [0.05, 0.1) is 24.5 Å². The summed E-state index contributed by atoms with van der Waals surface area (Å²) in [6.45, 7) is -0.0958. The van der Waals surface area contributed by atoms with E-state index in [1.807, 2.05) is 0 Å². The Bertz CT molecular complexity index is 644. The lowest BCUT2D eigenvalue weighted by molar-refractivity contribution is -0.147. The zero-order valence-electron chi connectivity index (χ0n) is 13.3. The van der Waals surface area contributed by atoms with Gasteiger partial charge in [-0.25, -0.2) is 0 Å². The molecule has 0 aromatic carbocycles. The summed E-state index contributed by atoms with van der Waals surface area (Å²) in [5, 5.41) is 34.9. The van der Waals surface area contributed by atoms with E-state index in [4.69, 9.17) is 36.6 Å². The van der Waals surface area contributed by atoms with Crippen LogP contribution in [0, 0.1) is 23.7 Å². The Kier molecular flexibility index (Phi) is 4.22. The molecule has 2 aliphatic heterocycles. The monoisotopic (exact) mass is 390 g/mol. The van der Waals surface area contributed by atoms with Gasteiger partial charge in [-0.2, -0.15) is 11.8 Å². The van der Waals surface area contributed by atoms with Gasteiger partial charge in [-0.3, -0.25) is 19.2 Å². The van der Waals surface area contributed by atoms with Gasteiger partial charge in [-0.15, -0.1) is 0 Å². The van der Waals surface area contributed by atoms with Gasteiger partial charge in [0.1, 0.15) is 11.1 Å². The molecule has 26 heavy (non-hydrogen) atoms. The van der Waals surface area contributed by atoms with Crippen molar-refractivity contribution in [2.24, 2.45) is 35.1 Å². The molecule has 2 heterocycles. The molecule has 2 aliphatic carbocycles. The summed E-state index contributed by atoms with van der Waals surface area (Å²) in [5.74, 6) is -6.17. The van der Waals surface area contributed by atoms with E-state index >= 15 is 0 Å². The number of aliphatic carboxylic acids is 4. The highest BCUT2D eigenvalue weighted by Gasteiger charge is 2.72. The topological polar surface area (TPSA) is 210 Å². The van der Waals surface area contributed by atoms with Gasteiger partial charge in [0.25, 0.3) is 0 Å². The van der Waals surface area contributed by atoms with Gasteiger partial charge in [0.2, 0.25) is 0 Å². The maximum atomic E-state index is 10.8. The summed E-state index contributed by atoms with van der Waals surface area (Å²) in [6, 6.07) is 0. The van der Waals surface area contributed by atoms with E-state index in [0.29, 0.717) is 5.75 Å². The molecule has 0 amide bonds. The second-order valence-electron chi connectivity index (χ2n) is 7.02. The number of carbonyl (C=O) groups is 4. The highest BCUT2D eigenvalue weighted by Crippen LogP contribution is 2.60. The van der Waals surface area contributed by atoms with E-state index in [1.54, 1.807) is 0 Å². The third kappa shape index (κ3) is 2.55. The molecule has 0 aromatic rings. The first-order valence-electron chi connectivity index (χ1n) is 7.70. The van der Waals surface area contributed by atoms with E-state index in [0.717, 1.165) is 0 Å². The van der Waals surface area contributed by atoms with E-state index < -0.39 is 58.8 Å². The van der Waals surface area contributed by atoms with Gasteiger partial charge in [0, 0.05) is 22.8 Å². The highest BCUT2D eigenvalue weighted by molar-refractivity contribution is 8.00. The molecule has 8 atom stereocenters. The summed E-state index contributed by atoms with van der Waals surface area (Å²) in [7, 11) is 0. The maximum absolute atomic E-state index is 10.8. The number of rotatable bonds is 4.